The summed E-state index contributed by atoms with van der Waals surface area (Å²) in [4.78, 5) is 12.3. The summed E-state index contributed by atoms with van der Waals surface area (Å²) in [6, 6.07) is 6.57. The molecule has 0 aliphatic heterocycles. The van der Waals surface area contributed by atoms with Crippen molar-refractivity contribution in [1.82, 2.24) is 0 Å². The zero-order valence-electron chi connectivity index (χ0n) is 12.5. The minimum atomic E-state index is -3.34. The number of sulfonamides is 1. The predicted molar refractivity (Wildman–Crippen MR) is 90.8 cm³/mol. The van der Waals surface area contributed by atoms with E-state index in [2.05, 4.69) is 10.0 Å². The van der Waals surface area contributed by atoms with Crippen LogP contribution in [0.5, 0.6) is 0 Å². The molecule has 124 valence electrons. The molecule has 0 heterocycles. The summed E-state index contributed by atoms with van der Waals surface area (Å²) in [5.41, 5.74) is 6.28. The van der Waals surface area contributed by atoms with Crippen LogP contribution in [-0.4, -0.2) is 26.1 Å². The van der Waals surface area contributed by atoms with Crippen molar-refractivity contribution in [3.8, 4) is 0 Å². The van der Waals surface area contributed by atoms with E-state index in [-0.39, 0.29) is 18.3 Å². The summed E-state index contributed by atoms with van der Waals surface area (Å²) < 4.78 is 24.8. The Morgan fingerprint density at radius 1 is 1.18 bits per heavy atom. The quantitative estimate of drug-likeness (QED) is 0.776. The largest absolute Gasteiger partial charge is 0.324 e. The molecule has 0 spiro atoms. The molecule has 6 nitrogen and oxygen atoms in total. The first-order valence-corrected chi connectivity index (χ1v) is 8.86. The van der Waals surface area contributed by atoms with E-state index in [0.717, 1.165) is 25.5 Å². The molecule has 2 rings (SSSR count). The van der Waals surface area contributed by atoms with Gasteiger partial charge in [-0.25, -0.2) is 8.42 Å². The van der Waals surface area contributed by atoms with Crippen LogP contribution in [0.2, 0.25) is 0 Å². The third-order valence-electron chi connectivity index (χ3n) is 3.62. The van der Waals surface area contributed by atoms with Crippen molar-refractivity contribution >= 4 is 39.7 Å². The number of benzene rings is 1. The van der Waals surface area contributed by atoms with Crippen LogP contribution in [0.15, 0.2) is 24.3 Å². The Morgan fingerprint density at radius 2 is 1.77 bits per heavy atom. The van der Waals surface area contributed by atoms with E-state index in [1.165, 1.54) is 0 Å². The molecule has 0 aromatic heterocycles. The number of carbonyl (C=O) groups is 1. The van der Waals surface area contributed by atoms with Crippen molar-refractivity contribution < 1.29 is 13.2 Å². The van der Waals surface area contributed by atoms with Gasteiger partial charge in [-0.1, -0.05) is 25.3 Å². The topological polar surface area (TPSA) is 101 Å². The Balaban J connectivity index is 0.00000242. The summed E-state index contributed by atoms with van der Waals surface area (Å²) in [7, 11) is -3.34. The molecule has 0 unspecified atom stereocenters. The Bertz CT molecular complexity index is 628. The molecule has 0 radical (unpaired) electrons. The first-order valence-electron chi connectivity index (χ1n) is 6.97. The van der Waals surface area contributed by atoms with Gasteiger partial charge in [-0.15, -0.1) is 12.4 Å². The molecule has 0 atom stereocenters. The second-order valence-corrected chi connectivity index (χ2v) is 7.37. The number of amides is 1. The van der Waals surface area contributed by atoms with E-state index in [1.807, 2.05) is 0 Å². The number of anilines is 2. The van der Waals surface area contributed by atoms with Crippen molar-refractivity contribution in [2.24, 2.45) is 5.73 Å². The number of hydrogen-bond acceptors (Lipinski definition) is 4. The van der Waals surface area contributed by atoms with Crippen molar-refractivity contribution in [3.63, 3.8) is 0 Å². The fourth-order valence-electron chi connectivity index (χ4n) is 2.54. The first-order chi connectivity index (χ1) is 9.78. The van der Waals surface area contributed by atoms with Gasteiger partial charge < -0.3 is 11.1 Å². The first kappa shape index (κ1) is 18.7. The lowest BCUT2D eigenvalue weighted by Crippen LogP contribution is -2.52. The molecule has 1 aliphatic carbocycles. The van der Waals surface area contributed by atoms with Crippen LogP contribution in [0.25, 0.3) is 0 Å². The maximum Gasteiger partial charge on any atom is 0.244 e. The van der Waals surface area contributed by atoms with E-state index < -0.39 is 15.6 Å². The molecule has 4 N–H and O–H groups in total. The normalized spacial score (nSPS) is 17.2. The van der Waals surface area contributed by atoms with Crippen LogP contribution in [0.1, 0.15) is 32.1 Å². The molecule has 1 aromatic rings. The van der Waals surface area contributed by atoms with E-state index in [1.54, 1.807) is 24.3 Å². The molecule has 0 bridgehead atoms. The zero-order chi connectivity index (χ0) is 15.5. The lowest BCUT2D eigenvalue weighted by Gasteiger charge is -2.31. The van der Waals surface area contributed by atoms with Gasteiger partial charge in [0.15, 0.2) is 0 Å². The average Bonchev–Trinajstić information content (AvgIpc) is 2.38. The van der Waals surface area contributed by atoms with Gasteiger partial charge in [0.1, 0.15) is 0 Å². The smallest absolute Gasteiger partial charge is 0.244 e. The SMILES string of the molecule is CS(=O)(=O)Nc1cccc(NC(=O)C2(N)CCCCC2)c1.Cl. The van der Waals surface area contributed by atoms with Gasteiger partial charge >= 0.3 is 0 Å². The highest BCUT2D eigenvalue weighted by Gasteiger charge is 2.35. The standard InChI is InChI=1S/C14H21N3O3S.ClH/c1-21(19,20)17-12-7-5-6-11(10-12)16-13(18)14(15)8-3-2-4-9-14;/h5-7,10,17H,2-4,8-9,15H2,1H3,(H,16,18);1H. The van der Waals surface area contributed by atoms with Crippen molar-refractivity contribution in [2.75, 3.05) is 16.3 Å². The molecule has 1 aromatic carbocycles. The van der Waals surface area contributed by atoms with Crippen LogP contribution in [0.4, 0.5) is 11.4 Å². The number of nitrogens with two attached hydrogens (primary N) is 1. The summed E-state index contributed by atoms with van der Waals surface area (Å²) >= 11 is 0. The predicted octanol–water partition coefficient (Wildman–Crippen LogP) is 2.08. The Hall–Kier alpha value is -1.31. The second kappa shape index (κ2) is 7.30. The molecule has 1 fully saturated rings. The lowest BCUT2D eigenvalue weighted by molar-refractivity contribution is -0.122. The number of rotatable bonds is 4. The van der Waals surface area contributed by atoms with Crippen molar-refractivity contribution in [3.05, 3.63) is 24.3 Å². The van der Waals surface area contributed by atoms with E-state index in [0.29, 0.717) is 24.2 Å². The lowest BCUT2D eigenvalue weighted by atomic mass is 9.82. The van der Waals surface area contributed by atoms with E-state index in [4.69, 9.17) is 5.73 Å². The van der Waals surface area contributed by atoms with Gasteiger partial charge in [0.2, 0.25) is 15.9 Å². The number of hydrogen-bond donors (Lipinski definition) is 3. The third kappa shape index (κ3) is 5.15. The fraction of sp³-hybridized carbons (Fsp3) is 0.500. The molecule has 22 heavy (non-hydrogen) atoms. The highest BCUT2D eigenvalue weighted by atomic mass is 35.5. The minimum absolute atomic E-state index is 0. The second-order valence-electron chi connectivity index (χ2n) is 5.63. The van der Waals surface area contributed by atoms with Gasteiger partial charge in [-0.2, -0.15) is 0 Å². The summed E-state index contributed by atoms with van der Waals surface area (Å²) in [6.45, 7) is 0. The summed E-state index contributed by atoms with van der Waals surface area (Å²) in [6.07, 6.45) is 5.47. The molecule has 1 saturated carbocycles. The van der Waals surface area contributed by atoms with Crippen molar-refractivity contribution in [2.45, 2.75) is 37.6 Å². The number of halogens is 1. The molecule has 8 heteroatoms. The van der Waals surface area contributed by atoms with Crippen LogP contribution >= 0.6 is 12.4 Å². The average molecular weight is 348 g/mol. The monoisotopic (exact) mass is 347 g/mol. The zero-order valence-corrected chi connectivity index (χ0v) is 14.1. The molecule has 1 amide bonds. The van der Waals surface area contributed by atoms with Gasteiger partial charge in [0, 0.05) is 5.69 Å². The fourth-order valence-corrected chi connectivity index (χ4v) is 3.09. The number of nitrogens with one attached hydrogen (secondary N) is 2. The van der Waals surface area contributed by atoms with Gasteiger partial charge in [0.05, 0.1) is 17.5 Å². The minimum Gasteiger partial charge on any atom is -0.324 e. The van der Waals surface area contributed by atoms with Crippen LogP contribution in [0, 0.1) is 0 Å². The maximum atomic E-state index is 12.3. The highest BCUT2D eigenvalue weighted by Crippen LogP contribution is 2.27. The molecular formula is C14H22ClN3O3S. The molecule has 1 aliphatic rings. The summed E-state index contributed by atoms with van der Waals surface area (Å²) in [5.74, 6) is -0.210. The summed E-state index contributed by atoms with van der Waals surface area (Å²) in [5, 5.41) is 2.78. The highest BCUT2D eigenvalue weighted by molar-refractivity contribution is 7.92. The van der Waals surface area contributed by atoms with E-state index in [9.17, 15) is 13.2 Å². The van der Waals surface area contributed by atoms with Gasteiger partial charge in [-0.3, -0.25) is 9.52 Å². The Labute approximate surface area is 137 Å². The van der Waals surface area contributed by atoms with Crippen LogP contribution in [-0.2, 0) is 14.8 Å². The van der Waals surface area contributed by atoms with Gasteiger partial charge in [0.25, 0.3) is 0 Å². The Kier molecular flexibility index (Phi) is 6.22. The van der Waals surface area contributed by atoms with Crippen LogP contribution in [0.3, 0.4) is 0 Å². The van der Waals surface area contributed by atoms with E-state index >= 15 is 0 Å². The molecular weight excluding hydrogens is 326 g/mol. The maximum absolute atomic E-state index is 12.3. The molecule has 0 saturated heterocycles. The third-order valence-corrected chi connectivity index (χ3v) is 4.23. The number of carbonyl (C=O) groups excluding carboxylic acids is 1. The van der Waals surface area contributed by atoms with Crippen molar-refractivity contribution in [1.29, 1.82) is 0 Å². The Morgan fingerprint density at radius 3 is 2.36 bits per heavy atom. The van der Waals surface area contributed by atoms with Crippen LogP contribution < -0.4 is 15.8 Å². The van der Waals surface area contributed by atoms with Gasteiger partial charge in [-0.05, 0) is 31.0 Å².